The molecule has 3 N–H and O–H groups in total. The number of ketones is 1. The van der Waals surface area contributed by atoms with Crippen LogP contribution < -0.4 is 16.0 Å². The van der Waals surface area contributed by atoms with Crippen molar-refractivity contribution in [1.29, 1.82) is 0 Å². The average molecular weight is 793 g/mol. The minimum Gasteiger partial charge on any atom is -0.444 e. The molecule has 0 radical (unpaired) electrons. The van der Waals surface area contributed by atoms with Gasteiger partial charge >= 0.3 is 6.09 Å². The van der Waals surface area contributed by atoms with Crippen LogP contribution in [0.1, 0.15) is 104 Å². The number of amides is 6. The Morgan fingerprint density at radius 2 is 1.63 bits per heavy atom. The van der Waals surface area contributed by atoms with Gasteiger partial charge in [0.1, 0.15) is 23.7 Å². The van der Waals surface area contributed by atoms with E-state index in [1.54, 1.807) is 81.1 Å². The van der Waals surface area contributed by atoms with Crippen LogP contribution in [0, 0.1) is 23.7 Å². The summed E-state index contributed by atoms with van der Waals surface area (Å²) in [6.07, 6.45) is 7.31. The van der Waals surface area contributed by atoms with Crippen LogP contribution in [0.2, 0.25) is 0 Å². The molecule has 4 rings (SSSR count). The van der Waals surface area contributed by atoms with E-state index >= 15 is 0 Å². The SMILES string of the molecule is C=CCCC(NC(=O)[C@@H]1[C@H]2C[C@H]2CN1C(=O)[C@H](C1CCCCC1)N(CCC(C)C)C(=O)OC(C)(C)C)C(=O)C(=O)NCC(=O)N[C@H](C(=O)N(C)C)c1ccccc1. The van der Waals surface area contributed by atoms with Gasteiger partial charge in [-0.25, -0.2) is 4.79 Å². The molecule has 2 aliphatic carbocycles. The van der Waals surface area contributed by atoms with Crippen molar-refractivity contribution >= 4 is 41.4 Å². The molecular weight excluding hydrogens is 729 g/mol. The van der Waals surface area contributed by atoms with Gasteiger partial charge < -0.3 is 30.5 Å². The zero-order chi connectivity index (χ0) is 42.0. The molecule has 1 saturated heterocycles. The van der Waals surface area contributed by atoms with Gasteiger partial charge in [0.05, 0.1) is 12.6 Å². The molecule has 0 spiro atoms. The molecule has 14 nitrogen and oxygen atoms in total. The van der Waals surface area contributed by atoms with Crippen molar-refractivity contribution in [2.24, 2.45) is 23.7 Å². The zero-order valence-corrected chi connectivity index (χ0v) is 34.9. The van der Waals surface area contributed by atoms with Gasteiger partial charge in [0.15, 0.2) is 0 Å². The highest BCUT2D eigenvalue weighted by molar-refractivity contribution is 6.38. The molecule has 314 valence electrons. The third-order valence-corrected chi connectivity index (χ3v) is 11.0. The van der Waals surface area contributed by atoms with Crippen LogP contribution in [0.15, 0.2) is 43.0 Å². The minimum atomic E-state index is -1.25. The molecule has 2 saturated carbocycles. The van der Waals surface area contributed by atoms with Gasteiger partial charge in [0, 0.05) is 27.2 Å². The van der Waals surface area contributed by atoms with E-state index in [-0.39, 0.29) is 41.9 Å². The summed E-state index contributed by atoms with van der Waals surface area (Å²) >= 11 is 0. The first kappa shape index (κ1) is 45.0. The summed E-state index contributed by atoms with van der Waals surface area (Å²) in [5, 5.41) is 7.75. The number of nitrogens with one attached hydrogen (secondary N) is 3. The summed E-state index contributed by atoms with van der Waals surface area (Å²) in [6, 6.07) is 4.71. The van der Waals surface area contributed by atoms with Gasteiger partial charge in [0.25, 0.3) is 5.91 Å². The van der Waals surface area contributed by atoms with Crippen molar-refractivity contribution in [3.63, 3.8) is 0 Å². The van der Waals surface area contributed by atoms with Gasteiger partial charge in [-0.2, -0.15) is 0 Å². The Morgan fingerprint density at radius 1 is 0.965 bits per heavy atom. The number of allylic oxidation sites excluding steroid dienone is 1. The van der Waals surface area contributed by atoms with Crippen molar-refractivity contribution < 1.29 is 38.3 Å². The zero-order valence-electron chi connectivity index (χ0n) is 34.9. The first-order valence-electron chi connectivity index (χ1n) is 20.5. The molecule has 3 aliphatic rings. The lowest BCUT2D eigenvalue weighted by molar-refractivity contribution is -0.147. The number of carbonyl (C=O) groups is 7. The third kappa shape index (κ3) is 12.4. The number of piperidine rings is 1. The van der Waals surface area contributed by atoms with Crippen molar-refractivity contribution in [3.05, 3.63) is 48.6 Å². The summed E-state index contributed by atoms with van der Waals surface area (Å²) in [6.45, 7) is 13.4. The molecular formula is C43H64N6O8. The van der Waals surface area contributed by atoms with E-state index < -0.39 is 65.9 Å². The first-order chi connectivity index (χ1) is 26.9. The molecule has 1 aromatic carbocycles. The quantitative estimate of drug-likeness (QED) is 0.147. The largest absolute Gasteiger partial charge is 0.444 e. The van der Waals surface area contributed by atoms with E-state index in [0.29, 0.717) is 31.5 Å². The van der Waals surface area contributed by atoms with Gasteiger partial charge in [-0.3, -0.25) is 33.7 Å². The molecule has 6 amide bonds. The van der Waals surface area contributed by atoms with Crippen LogP contribution >= 0.6 is 0 Å². The number of likely N-dealkylation sites (N-methyl/N-ethyl adjacent to an activating group) is 1. The lowest BCUT2D eigenvalue weighted by atomic mass is 9.82. The minimum absolute atomic E-state index is 0.0716. The van der Waals surface area contributed by atoms with Crippen molar-refractivity contribution in [1.82, 2.24) is 30.7 Å². The predicted molar refractivity (Wildman–Crippen MR) is 215 cm³/mol. The molecule has 6 atom stereocenters. The highest BCUT2D eigenvalue weighted by Gasteiger charge is 2.59. The Kier molecular flexibility index (Phi) is 15.8. The first-order valence-corrected chi connectivity index (χ1v) is 20.5. The van der Waals surface area contributed by atoms with Crippen molar-refractivity contribution in [2.75, 3.05) is 33.7 Å². The average Bonchev–Trinajstić information content (AvgIpc) is 3.83. The fourth-order valence-electron chi connectivity index (χ4n) is 7.92. The molecule has 0 aromatic heterocycles. The number of rotatable bonds is 18. The Labute approximate surface area is 337 Å². The maximum Gasteiger partial charge on any atom is 0.410 e. The summed E-state index contributed by atoms with van der Waals surface area (Å²) in [4.78, 5) is 100. The third-order valence-electron chi connectivity index (χ3n) is 11.0. The van der Waals surface area contributed by atoms with Gasteiger partial charge in [-0.1, -0.05) is 69.5 Å². The molecule has 3 fully saturated rings. The Morgan fingerprint density at radius 3 is 2.23 bits per heavy atom. The summed E-state index contributed by atoms with van der Waals surface area (Å²) in [5.41, 5.74) is -0.223. The van der Waals surface area contributed by atoms with Gasteiger partial charge in [-0.05, 0) is 88.5 Å². The normalized spacial score (nSPS) is 20.6. The summed E-state index contributed by atoms with van der Waals surface area (Å²) in [7, 11) is 3.13. The van der Waals surface area contributed by atoms with E-state index in [9.17, 15) is 33.6 Å². The van der Waals surface area contributed by atoms with Crippen molar-refractivity contribution in [3.8, 4) is 0 Å². The Hall–Kier alpha value is -4.75. The second-order valence-electron chi connectivity index (χ2n) is 17.4. The number of nitrogens with zero attached hydrogens (tertiary/aromatic N) is 3. The van der Waals surface area contributed by atoms with E-state index in [1.165, 1.54) is 4.90 Å². The van der Waals surface area contributed by atoms with E-state index in [1.807, 2.05) is 0 Å². The molecule has 1 unspecified atom stereocenters. The molecule has 1 aliphatic heterocycles. The number of likely N-dealkylation sites (tertiary alicyclic amines) is 1. The number of hydrogen-bond acceptors (Lipinski definition) is 8. The fourth-order valence-corrected chi connectivity index (χ4v) is 7.92. The lowest BCUT2D eigenvalue weighted by Crippen LogP contribution is -2.60. The Bertz CT molecular complexity index is 1620. The maximum absolute atomic E-state index is 14.9. The fraction of sp³-hybridized carbons (Fsp3) is 0.651. The molecule has 1 heterocycles. The number of hydrogen-bond donors (Lipinski definition) is 3. The Balaban J connectivity index is 1.50. The van der Waals surface area contributed by atoms with Crippen LogP contribution in [0.5, 0.6) is 0 Å². The van der Waals surface area contributed by atoms with Crippen molar-refractivity contribution in [2.45, 2.75) is 122 Å². The molecule has 1 aromatic rings. The van der Waals surface area contributed by atoms with Crippen LogP contribution in [0.3, 0.4) is 0 Å². The summed E-state index contributed by atoms with van der Waals surface area (Å²) < 4.78 is 5.86. The number of Topliss-reactive ketones (excluding diaryl/α,β-unsaturated/α-hetero) is 1. The van der Waals surface area contributed by atoms with Crippen LogP contribution in [0.25, 0.3) is 0 Å². The van der Waals surface area contributed by atoms with Crippen LogP contribution in [-0.2, 0) is 33.5 Å². The number of benzene rings is 1. The highest BCUT2D eigenvalue weighted by Crippen LogP contribution is 2.50. The topological polar surface area (TPSA) is 175 Å². The second kappa shape index (κ2) is 20.1. The standard InChI is InChI=1S/C43H64N6O8/c1-9-10-21-32(37(51)39(53)44-25-33(50)46-34(40(54)47(7)8)28-17-13-11-14-18-28)45-38(52)36-31-24-30(31)26-49(36)41(55)35(29-19-15-12-16-20-29)48(23-22-27(2)3)42(56)57-43(4,5)6/h9,11,13-14,17-18,27,29-32,34-36H,1,10,12,15-16,19-26H2,2-8H3,(H,44,53)(H,45,52)(H,46,50)/t30-,31-,32?,34-,35-,36-/m0/s1. The lowest BCUT2D eigenvalue weighted by Gasteiger charge is -2.41. The number of carbonyl (C=O) groups excluding carboxylic acids is 7. The van der Waals surface area contributed by atoms with E-state index in [0.717, 1.165) is 38.5 Å². The van der Waals surface area contributed by atoms with Gasteiger partial charge in [0.2, 0.25) is 29.4 Å². The predicted octanol–water partition coefficient (Wildman–Crippen LogP) is 4.15. The molecule has 14 heteroatoms. The number of ether oxygens (including phenoxy) is 1. The molecule has 57 heavy (non-hydrogen) atoms. The smallest absolute Gasteiger partial charge is 0.410 e. The molecule has 0 bridgehead atoms. The maximum atomic E-state index is 14.9. The highest BCUT2D eigenvalue weighted by atomic mass is 16.6. The van der Waals surface area contributed by atoms with E-state index in [2.05, 4.69) is 36.4 Å². The van der Waals surface area contributed by atoms with Crippen LogP contribution in [0.4, 0.5) is 4.79 Å². The van der Waals surface area contributed by atoms with Gasteiger partial charge in [-0.15, -0.1) is 6.58 Å². The number of fused-ring (bicyclic) bond motifs is 1. The van der Waals surface area contributed by atoms with Crippen LogP contribution in [-0.4, -0.2) is 114 Å². The summed E-state index contributed by atoms with van der Waals surface area (Å²) in [5.74, 6) is -3.74. The monoisotopic (exact) mass is 792 g/mol. The second-order valence-corrected chi connectivity index (χ2v) is 17.4. The van der Waals surface area contributed by atoms with E-state index in [4.69, 9.17) is 4.74 Å².